The number of imidazole rings is 1. The molecule has 0 aromatic carbocycles. The summed E-state index contributed by atoms with van der Waals surface area (Å²) in [5, 5.41) is 18.8. The highest BCUT2D eigenvalue weighted by atomic mass is 16.5. The normalized spacial score (nSPS) is 22.7. The number of morpholine rings is 1. The highest BCUT2D eigenvalue weighted by molar-refractivity contribution is 5.93. The summed E-state index contributed by atoms with van der Waals surface area (Å²) in [5.74, 6) is -0.606. The largest absolute Gasteiger partial charge is 0.476 e. The van der Waals surface area contributed by atoms with Gasteiger partial charge in [-0.3, -0.25) is 4.40 Å². The van der Waals surface area contributed by atoms with Gasteiger partial charge in [0.15, 0.2) is 11.5 Å². The molecule has 0 aliphatic carbocycles. The third-order valence-corrected chi connectivity index (χ3v) is 3.70. The van der Waals surface area contributed by atoms with E-state index < -0.39 is 5.97 Å². The van der Waals surface area contributed by atoms with Crippen molar-refractivity contribution < 1.29 is 19.7 Å². The Morgan fingerprint density at radius 1 is 1.52 bits per heavy atom. The molecule has 7 nitrogen and oxygen atoms in total. The van der Waals surface area contributed by atoms with Gasteiger partial charge in [-0.15, -0.1) is 0 Å². The molecule has 1 aliphatic rings. The summed E-state index contributed by atoms with van der Waals surface area (Å²) >= 11 is 0. The second kappa shape index (κ2) is 5.34. The number of ether oxygens (including phenoxy) is 1. The van der Waals surface area contributed by atoms with Gasteiger partial charge in [0.05, 0.1) is 25.4 Å². The number of fused-ring (bicyclic) bond motifs is 1. The number of aromatic nitrogens is 2. The van der Waals surface area contributed by atoms with E-state index in [4.69, 9.17) is 4.74 Å². The van der Waals surface area contributed by atoms with Crippen LogP contribution in [0.15, 0.2) is 24.4 Å². The average Bonchev–Trinajstić information content (AvgIpc) is 2.87. The Bertz CT molecular complexity index is 669. The van der Waals surface area contributed by atoms with Crippen molar-refractivity contribution >= 4 is 17.4 Å². The fourth-order valence-corrected chi connectivity index (χ4v) is 2.61. The van der Waals surface area contributed by atoms with Crippen molar-refractivity contribution in [3.05, 3.63) is 30.1 Å². The molecular formula is C14H17N3O4. The van der Waals surface area contributed by atoms with Gasteiger partial charge in [0.2, 0.25) is 0 Å². The van der Waals surface area contributed by atoms with E-state index in [0.717, 1.165) is 0 Å². The Morgan fingerprint density at radius 3 is 3.05 bits per heavy atom. The first kappa shape index (κ1) is 13.8. The first-order valence-corrected chi connectivity index (χ1v) is 6.81. The predicted octanol–water partition coefficient (Wildman–Crippen LogP) is 0.618. The number of nitrogens with zero attached hydrogens (tertiary/aromatic N) is 3. The number of rotatable bonds is 3. The molecule has 7 heteroatoms. The lowest BCUT2D eigenvalue weighted by Gasteiger charge is -2.37. The minimum Gasteiger partial charge on any atom is -0.476 e. The summed E-state index contributed by atoms with van der Waals surface area (Å²) in [6.07, 6.45) is 1.36. The van der Waals surface area contributed by atoms with Gasteiger partial charge in [0, 0.05) is 12.7 Å². The fraction of sp³-hybridized carbons (Fsp3) is 0.429. The molecule has 1 aliphatic heterocycles. The van der Waals surface area contributed by atoms with Crippen molar-refractivity contribution in [3.63, 3.8) is 0 Å². The van der Waals surface area contributed by atoms with Gasteiger partial charge in [-0.25, -0.2) is 9.78 Å². The number of aromatic carboxylic acids is 1. The molecule has 1 saturated heterocycles. The molecule has 2 atom stereocenters. The van der Waals surface area contributed by atoms with Crippen LogP contribution in [0, 0.1) is 0 Å². The zero-order chi connectivity index (χ0) is 15.0. The minimum absolute atomic E-state index is 0.00388. The maximum Gasteiger partial charge on any atom is 0.356 e. The molecule has 0 radical (unpaired) electrons. The van der Waals surface area contributed by atoms with E-state index in [1.807, 2.05) is 17.9 Å². The number of aliphatic hydroxyl groups is 1. The van der Waals surface area contributed by atoms with Crippen LogP contribution in [0.5, 0.6) is 0 Å². The van der Waals surface area contributed by atoms with Crippen molar-refractivity contribution in [2.45, 2.75) is 19.1 Å². The van der Waals surface area contributed by atoms with Crippen molar-refractivity contribution in [2.75, 3.05) is 24.7 Å². The van der Waals surface area contributed by atoms with Crippen LogP contribution in [0.2, 0.25) is 0 Å². The molecule has 2 aromatic heterocycles. The number of hydrogen-bond donors (Lipinski definition) is 2. The van der Waals surface area contributed by atoms with E-state index in [1.165, 1.54) is 0 Å². The van der Waals surface area contributed by atoms with Crippen molar-refractivity contribution in [1.29, 1.82) is 0 Å². The highest BCUT2D eigenvalue weighted by Gasteiger charge is 2.31. The number of carboxylic acids is 1. The first-order valence-electron chi connectivity index (χ1n) is 6.81. The summed E-state index contributed by atoms with van der Waals surface area (Å²) in [4.78, 5) is 18.0. The van der Waals surface area contributed by atoms with Gasteiger partial charge in [0.25, 0.3) is 0 Å². The molecule has 0 bridgehead atoms. The van der Waals surface area contributed by atoms with Crippen LogP contribution >= 0.6 is 0 Å². The van der Waals surface area contributed by atoms with Gasteiger partial charge in [-0.1, -0.05) is 6.07 Å². The van der Waals surface area contributed by atoms with Crippen LogP contribution in [-0.4, -0.2) is 57.5 Å². The van der Waals surface area contributed by atoms with Crippen LogP contribution in [0.1, 0.15) is 17.4 Å². The third kappa shape index (κ3) is 2.34. The van der Waals surface area contributed by atoms with E-state index >= 15 is 0 Å². The number of carbonyl (C=O) groups is 1. The lowest BCUT2D eigenvalue weighted by atomic mass is 10.2. The standard InChI is InChI=1S/C14H17N3O4/c1-9-8-21-10(7-18)6-17(9)13-12(14(19)20)16-5-3-2-4-11(16)15-13/h2-5,9-10,18H,6-8H2,1H3,(H,19,20). The summed E-state index contributed by atoms with van der Waals surface area (Å²) < 4.78 is 7.06. The quantitative estimate of drug-likeness (QED) is 0.862. The monoisotopic (exact) mass is 291 g/mol. The molecule has 3 heterocycles. The van der Waals surface area contributed by atoms with E-state index in [-0.39, 0.29) is 24.4 Å². The summed E-state index contributed by atoms with van der Waals surface area (Å²) in [5.41, 5.74) is 0.722. The van der Waals surface area contributed by atoms with Crippen molar-refractivity contribution in [3.8, 4) is 0 Å². The van der Waals surface area contributed by atoms with E-state index in [9.17, 15) is 15.0 Å². The zero-order valence-corrected chi connectivity index (χ0v) is 11.6. The summed E-state index contributed by atoms with van der Waals surface area (Å²) in [6, 6.07) is 5.35. The molecule has 2 unspecified atom stereocenters. The number of aliphatic hydroxyl groups excluding tert-OH is 1. The average molecular weight is 291 g/mol. The van der Waals surface area contributed by atoms with Crippen molar-refractivity contribution in [2.24, 2.45) is 0 Å². The maximum atomic E-state index is 11.6. The SMILES string of the molecule is CC1COC(CO)CN1c1nc2ccccn2c1C(=O)O. The second-order valence-electron chi connectivity index (χ2n) is 5.16. The van der Waals surface area contributed by atoms with Crippen LogP contribution in [0.4, 0.5) is 5.82 Å². The lowest BCUT2D eigenvalue weighted by molar-refractivity contribution is -0.0106. The Labute approximate surface area is 121 Å². The number of carboxylic acid groups (broad SMARTS) is 1. The lowest BCUT2D eigenvalue weighted by Crippen LogP contribution is -2.50. The molecule has 3 rings (SSSR count). The Hall–Kier alpha value is -2.12. The van der Waals surface area contributed by atoms with Crippen LogP contribution in [0.25, 0.3) is 5.65 Å². The summed E-state index contributed by atoms with van der Waals surface area (Å²) in [7, 11) is 0. The molecule has 1 fully saturated rings. The zero-order valence-electron chi connectivity index (χ0n) is 11.6. The Balaban J connectivity index is 2.10. The van der Waals surface area contributed by atoms with Crippen molar-refractivity contribution in [1.82, 2.24) is 9.38 Å². The van der Waals surface area contributed by atoms with Gasteiger partial charge >= 0.3 is 5.97 Å². The van der Waals surface area contributed by atoms with Gasteiger partial charge in [-0.2, -0.15) is 0 Å². The van der Waals surface area contributed by atoms with Crippen LogP contribution in [0.3, 0.4) is 0 Å². The van der Waals surface area contributed by atoms with Crippen LogP contribution in [-0.2, 0) is 4.74 Å². The van der Waals surface area contributed by atoms with Gasteiger partial charge < -0.3 is 19.8 Å². The molecule has 0 amide bonds. The molecule has 2 aromatic rings. The second-order valence-corrected chi connectivity index (χ2v) is 5.16. The predicted molar refractivity (Wildman–Crippen MR) is 75.8 cm³/mol. The minimum atomic E-state index is -1.03. The number of hydrogen-bond acceptors (Lipinski definition) is 5. The summed E-state index contributed by atoms with van der Waals surface area (Å²) in [6.45, 7) is 2.70. The number of anilines is 1. The molecule has 112 valence electrons. The molecule has 21 heavy (non-hydrogen) atoms. The molecule has 0 spiro atoms. The van der Waals surface area contributed by atoms with E-state index in [0.29, 0.717) is 24.6 Å². The maximum absolute atomic E-state index is 11.6. The third-order valence-electron chi connectivity index (χ3n) is 3.70. The van der Waals surface area contributed by atoms with Gasteiger partial charge in [-0.05, 0) is 19.1 Å². The fourth-order valence-electron chi connectivity index (χ4n) is 2.61. The van der Waals surface area contributed by atoms with E-state index in [2.05, 4.69) is 4.98 Å². The highest BCUT2D eigenvalue weighted by Crippen LogP contribution is 2.26. The number of pyridine rings is 1. The first-order chi connectivity index (χ1) is 10.1. The Morgan fingerprint density at radius 2 is 2.33 bits per heavy atom. The Kier molecular flexibility index (Phi) is 3.52. The molecule has 2 N–H and O–H groups in total. The molecule has 0 saturated carbocycles. The van der Waals surface area contributed by atoms with Crippen LogP contribution < -0.4 is 4.90 Å². The smallest absolute Gasteiger partial charge is 0.356 e. The molecular weight excluding hydrogens is 274 g/mol. The topological polar surface area (TPSA) is 87.3 Å². The van der Waals surface area contributed by atoms with E-state index in [1.54, 1.807) is 22.7 Å². The van der Waals surface area contributed by atoms with Gasteiger partial charge in [0.1, 0.15) is 5.65 Å².